The molecule has 3 rings (SSSR count). The molecule has 1 fully saturated rings. The van der Waals surface area contributed by atoms with Gasteiger partial charge in [-0.15, -0.1) is 0 Å². The van der Waals surface area contributed by atoms with E-state index in [0.29, 0.717) is 6.42 Å². The molecule has 1 aromatic carbocycles. The molecule has 5 nitrogen and oxygen atoms in total. The maximum atomic E-state index is 11.6. The van der Waals surface area contributed by atoms with E-state index in [1.165, 1.54) is 0 Å². The average Bonchev–Trinajstić information content (AvgIpc) is 3.06. The third kappa shape index (κ3) is 3.19. The lowest BCUT2D eigenvalue weighted by Gasteiger charge is -2.32. The number of carboxylic acid groups (broad SMARTS) is 1. The average molecular weight is 312 g/mol. The smallest absolute Gasteiger partial charge is 0.320 e. The number of ether oxygens (including phenoxy) is 1. The van der Waals surface area contributed by atoms with Gasteiger partial charge in [-0.05, 0) is 48.2 Å². The van der Waals surface area contributed by atoms with Gasteiger partial charge in [-0.2, -0.15) is 0 Å². The highest BCUT2D eigenvalue weighted by atomic mass is 16.5. The zero-order valence-electron chi connectivity index (χ0n) is 13.1. The first kappa shape index (κ1) is 15.5. The zero-order valence-corrected chi connectivity index (χ0v) is 13.1. The molecular weight excluding hydrogens is 292 g/mol. The Kier molecular flexibility index (Phi) is 4.57. The molecule has 5 heteroatoms. The summed E-state index contributed by atoms with van der Waals surface area (Å²) in [4.78, 5) is 17.7. The maximum absolute atomic E-state index is 11.6. The summed E-state index contributed by atoms with van der Waals surface area (Å²) in [6.07, 6.45) is 5.08. The minimum Gasteiger partial charge on any atom is -0.497 e. The molecule has 120 valence electrons. The van der Waals surface area contributed by atoms with Gasteiger partial charge in [-0.3, -0.25) is 14.7 Å². The number of carbonyl (C=O) groups is 1. The van der Waals surface area contributed by atoms with Crippen molar-refractivity contribution in [2.24, 2.45) is 0 Å². The number of methoxy groups -OCH3 is 1. The summed E-state index contributed by atoms with van der Waals surface area (Å²) in [5.74, 6) is 0.0357. The highest BCUT2D eigenvalue weighted by Crippen LogP contribution is 2.35. The predicted molar refractivity (Wildman–Crippen MR) is 86.4 cm³/mol. The normalized spacial score (nSPS) is 19.4. The molecule has 1 aliphatic rings. The number of aromatic nitrogens is 1. The molecule has 2 heterocycles. The topological polar surface area (TPSA) is 62.7 Å². The molecule has 2 aromatic rings. The van der Waals surface area contributed by atoms with Gasteiger partial charge in [0.25, 0.3) is 0 Å². The van der Waals surface area contributed by atoms with Crippen LogP contribution in [0, 0.1) is 0 Å². The zero-order chi connectivity index (χ0) is 16.2. The fourth-order valence-electron chi connectivity index (χ4n) is 3.27. The van der Waals surface area contributed by atoms with Crippen molar-refractivity contribution in [2.45, 2.75) is 24.9 Å². The molecule has 2 unspecified atom stereocenters. The largest absolute Gasteiger partial charge is 0.497 e. The Morgan fingerprint density at radius 2 is 1.87 bits per heavy atom. The van der Waals surface area contributed by atoms with Gasteiger partial charge in [0.15, 0.2) is 0 Å². The molecule has 0 spiro atoms. The van der Waals surface area contributed by atoms with Gasteiger partial charge in [0.1, 0.15) is 11.8 Å². The SMILES string of the molecule is COc1ccc(C(c2ccncc2)N2CCCC2C(=O)O)cc1. The van der Waals surface area contributed by atoms with Crippen LogP contribution in [0.4, 0.5) is 0 Å². The fraction of sp³-hybridized carbons (Fsp3) is 0.333. The number of rotatable bonds is 5. The van der Waals surface area contributed by atoms with E-state index in [-0.39, 0.29) is 6.04 Å². The number of aliphatic carboxylic acids is 1. The van der Waals surface area contributed by atoms with Crippen LogP contribution in [-0.4, -0.2) is 40.7 Å². The van der Waals surface area contributed by atoms with Gasteiger partial charge in [0.2, 0.25) is 0 Å². The lowest BCUT2D eigenvalue weighted by Crippen LogP contribution is -2.39. The van der Waals surface area contributed by atoms with Crippen molar-refractivity contribution >= 4 is 5.97 Å². The summed E-state index contributed by atoms with van der Waals surface area (Å²) in [7, 11) is 1.64. The quantitative estimate of drug-likeness (QED) is 0.920. The number of carboxylic acids is 1. The second-order valence-corrected chi connectivity index (χ2v) is 5.69. The first-order valence-corrected chi connectivity index (χ1v) is 7.73. The van der Waals surface area contributed by atoms with Crippen molar-refractivity contribution in [2.75, 3.05) is 13.7 Å². The van der Waals surface area contributed by atoms with Crippen molar-refractivity contribution in [1.82, 2.24) is 9.88 Å². The third-order valence-corrected chi connectivity index (χ3v) is 4.36. The van der Waals surface area contributed by atoms with Gasteiger partial charge < -0.3 is 9.84 Å². The van der Waals surface area contributed by atoms with Gasteiger partial charge in [0.05, 0.1) is 13.2 Å². The Bertz CT molecular complexity index is 658. The monoisotopic (exact) mass is 312 g/mol. The molecule has 2 atom stereocenters. The summed E-state index contributed by atoms with van der Waals surface area (Å²) in [5, 5.41) is 9.53. The van der Waals surface area contributed by atoms with Crippen LogP contribution < -0.4 is 4.74 Å². The number of hydrogen-bond acceptors (Lipinski definition) is 4. The summed E-state index contributed by atoms with van der Waals surface area (Å²) in [6, 6.07) is 11.2. The van der Waals surface area contributed by atoms with Crippen molar-refractivity contribution in [1.29, 1.82) is 0 Å². The van der Waals surface area contributed by atoms with Crippen molar-refractivity contribution in [3.8, 4) is 5.75 Å². The summed E-state index contributed by atoms with van der Waals surface area (Å²) in [5.41, 5.74) is 2.11. The molecule has 1 aromatic heterocycles. The highest BCUT2D eigenvalue weighted by Gasteiger charge is 2.36. The standard InChI is InChI=1S/C18H20N2O3/c1-23-15-6-4-13(5-7-15)17(14-8-10-19-11-9-14)20-12-2-3-16(20)18(21)22/h4-11,16-17H,2-3,12H2,1H3,(H,21,22). The summed E-state index contributed by atoms with van der Waals surface area (Å²) < 4.78 is 5.22. The minimum absolute atomic E-state index is 0.0903. The van der Waals surface area contributed by atoms with E-state index in [9.17, 15) is 9.90 Å². The molecule has 0 amide bonds. The minimum atomic E-state index is -0.755. The number of pyridine rings is 1. The maximum Gasteiger partial charge on any atom is 0.320 e. The van der Waals surface area contributed by atoms with E-state index >= 15 is 0 Å². The molecule has 23 heavy (non-hydrogen) atoms. The van der Waals surface area contributed by atoms with Crippen molar-refractivity contribution in [3.05, 3.63) is 59.9 Å². The van der Waals surface area contributed by atoms with Crippen molar-refractivity contribution < 1.29 is 14.6 Å². The van der Waals surface area contributed by atoms with Crippen LogP contribution in [0.2, 0.25) is 0 Å². The van der Waals surface area contributed by atoms with Crippen LogP contribution in [0.1, 0.15) is 30.0 Å². The lowest BCUT2D eigenvalue weighted by atomic mass is 9.97. The summed E-state index contributed by atoms with van der Waals surface area (Å²) in [6.45, 7) is 0.774. The Morgan fingerprint density at radius 3 is 2.48 bits per heavy atom. The molecular formula is C18H20N2O3. The van der Waals surface area contributed by atoms with Gasteiger partial charge >= 0.3 is 5.97 Å². The first-order chi connectivity index (χ1) is 11.2. The van der Waals surface area contributed by atoms with E-state index in [2.05, 4.69) is 9.88 Å². The van der Waals surface area contributed by atoms with E-state index in [1.54, 1.807) is 19.5 Å². The Balaban J connectivity index is 2.01. The first-order valence-electron chi connectivity index (χ1n) is 7.73. The molecule has 0 aliphatic carbocycles. The molecule has 1 N–H and O–H groups in total. The predicted octanol–water partition coefficient (Wildman–Crippen LogP) is 2.73. The van der Waals surface area contributed by atoms with E-state index in [4.69, 9.17) is 4.74 Å². The van der Waals surface area contributed by atoms with Gasteiger partial charge in [0, 0.05) is 18.9 Å². The summed E-state index contributed by atoms with van der Waals surface area (Å²) >= 11 is 0. The molecule has 1 aliphatic heterocycles. The molecule has 0 saturated carbocycles. The second kappa shape index (κ2) is 6.79. The van der Waals surface area contributed by atoms with Crippen LogP contribution in [-0.2, 0) is 4.79 Å². The van der Waals surface area contributed by atoms with Crippen LogP contribution in [0.25, 0.3) is 0 Å². The second-order valence-electron chi connectivity index (χ2n) is 5.69. The Hall–Kier alpha value is -2.40. The fourth-order valence-corrected chi connectivity index (χ4v) is 3.27. The molecule has 0 bridgehead atoms. The number of hydrogen-bond donors (Lipinski definition) is 1. The third-order valence-electron chi connectivity index (χ3n) is 4.36. The van der Waals surface area contributed by atoms with Crippen molar-refractivity contribution in [3.63, 3.8) is 0 Å². The van der Waals surface area contributed by atoms with Crippen LogP contribution in [0.3, 0.4) is 0 Å². The van der Waals surface area contributed by atoms with E-state index in [1.807, 2.05) is 36.4 Å². The Morgan fingerprint density at radius 1 is 1.22 bits per heavy atom. The van der Waals surface area contributed by atoms with E-state index < -0.39 is 12.0 Å². The Labute approximate surface area is 135 Å². The molecule has 0 radical (unpaired) electrons. The van der Waals surface area contributed by atoms with Crippen LogP contribution in [0.15, 0.2) is 48.8 Å². The van der Waals surface area contributed by atoms with Gasteiger partial charge in [-0.1, -0.05) is 12.1 Å². The van der Waals surface area contributed by atoms with Crippen LogP contribution >= 0.6 is 0 Å². The van der Waals surface area contributed by atoms with E-state index in [0.717, 1.165) is 29.8 Å². The number of nitrogens with zero attached hydrogens (tertiary/aromatic N) is 2. The van der Waals surface area contributed by atoms with Gasteiger partial charge in [-0.25, -0.2) is 0 Å². The number of benzene rings is 1. The lowest BCUT2D eigenvalue weighted by molar-refractivity contribution is -0.142. The molecule has 1 saturated heterocycles. The highest BCUT2D eigenvalue weighted by molar-refractivity contribution is 5.74. The van der Waals surface area contributed by atoms with Crippen LogP contribution in [0.5, 0.6) is 5.75 Å². The number of likely N-dealkylation sites (tertiary alicyclic amines) is 1.